The van der Waals surface area contributed by atoms with Gasteiger partial charge in [-0.25, -0.2) is 0 Å². The fourth-order valence-electron chi connectivity index (χ4n) is 3.89. The Labute approximate surface area is 168 Å². The van der Waals surface area contributed by atoms with Crippen molar-refractivity contribution < 1.29 is 14.4 Å². The molecule has 1 aromatic heterocycles. The van der Waals surface area contributed by atoms with E-state index in [2.05, 4.69) is 22.1 Å². The molecule has 0 saturated heterocycles. The van der Waals surface area contributed by atoms with Gasteiger partial charge in [-0.3, -0.25) is 19.7 Å². The molecule has 0 radical (unpaired) electrons. The number of aromatic nitrogens is 2. The molecule has 0 bridgehead atoms. The summed E-state index contributed by atoms with van der Waals surface area (Å²) in [5, 5.41) is 15.2. The van der Waals surface area contributed by atoms with Crippen LogP contribution < -0.4 is 9.47 Å². The molecule has 0 N–H and O–H groups in total. The molecule has 4 rings (SSSR count). The topological polar surface area (TPSA) is 82.7 Å². The van der Waals surface area contributed by atoms with Crippen LogP contribution in [0.15, 0.2) is 54.9 Å². The number of hydrogen-bond donors (Lipinski definition) is 0. The summed E-state index contributed by atoms with van der Waals surface area (Å²) in [5.41, 5.74) is 3.48. The van der Waals surface area contributed by atoms with Crippen molar-refractivity contribution in [3.63, 3.8) is 0 Å². The molecule has 1 unspecified atom stereocenters. The lowest BCUT2D eigenvalue weighted by Gasteiger charge is -2.38. The van der Waals surface area contributed by atoms with Crippen LogP contribution in [-0.4, -0.2) is 40.4 Å². The van der Waals surface area contributed by atoms with Gasteiger partial charge in [0.1, 0.15) is 12.4 Å². The van der Waals surface area contributed by atoms with Crippen LogP contribution >= 0.6 is 0 Å². The minimum atomic E-state index is -0.430. The standard InChI is InChI=1S/C21H22N4O4/c1-28-19-10-16-8-9-23(14-24-13-17(12-22-24)25(26)27)21(15-6-4-3-5-7-15)18(16)11-20(19)29-2/h3-7,10-13,21H,8-9,14H2,1-2H3. The van der Waals surface area contributed by atoms with E-state index < -0.39 is 4.92 Å². The van der Waals surface area contributed by atoms with E-state index in [-0.39, 0.29) is 11.7 Å². The second-order valence-electron chi connectivity index (χ2n) is 6.92. The SMILES string of the molecule is COc1cc2c(cc1OC)C(c1ccccc1)N(Cn1cc([N+](=O)[O-])cn1)CC2. The molecule has 8 nitrogen and oxygen atoms in total. The molecular weight excluding hydrogens is 372 g/mol. The Bertz CT molecular complexity index is 1020. The first-order valence-electron chi connectivity index (χ1n) is 9.31. The van der Waals surface area contributed by atoms with E-state index in [1.54, 1.807) is 18.9 Å². The summed E-state index contributed by atoms with van der Waals surface area (Å²) < 4.78 is 12.6. The summed E-state index contributed by atoms with van der Waals surface area (Å²) in [6, 6.07) is 14.3. The zero-order valence-electron chi connectivity index (χ0n) is 16.3. The third-order valence-electron chi connectivity index (χ3n) is 5.25. The average Bonchev–Trinajstić information content (AvgIpc) is 3.22. The molecule has 29 heavy (non-hydrogen) atoms. The summed E-state index contributed by atoms with van der Waals surface area (Å²) >= 11 is 0. The Kier molecular flexibility index (Phi) is 5.18. The molecule has 3 aromatic rings. The van der Waals surface area contributed by atoms with Gasteiger partial charge in [0.15, 0.2) is 11.5 Å². The van der Waals surface area contributed by atoms with E-state index in [0.717, 1.165) is 24.1 Å². The van der Waals surface area contributed by atoms with Gasteiger partial charge in [-0.05, 0) is 35.2 Å². The van der Waals surface area contributed by atoms with Gasteiger partial charge in [-0.15, -0.1) is 0 Å². The molecule has 1 aliphatic heterocycles. The van der Waals surface area contributed by atoms with Gasteiger partial charge in [0.2, 0.25) is 0 Å². The molecule has 0 saturated carbocycles. The molecule has 0 amide bonds. The van der Waals surface area contributed by atoms with Gasteiger partial charge in [0.05, 0.1) is 31.9 Å². The molecule has 1 aliphatic rings. The average molecular weight is 394 g/mol. The first kappa shape index (κ1) is 18.9. The lowest BCUT2D eigenvalue weighted by atomic mass is 9.88. The van der Waals surface area contributed by atoms with Crippen LogP contribution in [0, 0.1) is 10.1 Å². The number of nitro groups is 1. The van der Waals surface area contributed by atoms with Crippen molar-refractivity contribution in [2.75, 3.05) is 20.8 Å². The summed E-state index contributed by atoms with van der Waals surface area (Å²) in [4.78, 5) is 12.8. The molecule has 150 valence electrons. The highest BCUT2D eigenvalue weighted by Gasteiger charge is 2.31. The number of nitrogens with zero attached hydrogens (tertiary/aromatic N) is 4. The predicted octanol–water partition coefficient (Wildman–Crippen LogP) is 3.41. The lowest BCUT2D eigenvalue weighted by Crippen LogP contribution is -2.37. The van der Waals surface area contributed by atoms with Gasteiger partial charge in [-0.2, -0.15) is 5.10 Å². The van der Waals surface area contributed by atoms with E-state index in [1.165, 1.54) is 18.0 Å². The number of fused-ring (bicyclic) bond motifs is 1. The first-order valence-corrected chi connectivity index (χ1v) is 9.31. The number of methoxy groups -OCH3 is 2. The zero-order valence-corrected chi connectivity index (χ0v) is 16.3. The van der Waals surface area contributed by atoms with Crippen LogP contribution in [0.4, 0.5) is 5.69 Å². The Morgan fingerprint density at radius 1 is 1.17 bits per heavy atom. The van der Waals surface area contributed by atoms with Crippen molar-refractivity contribution in [1.82, 2.24) is 14.7 Å². The lowest BCUT2D eigenvalue weighted by molar-refractivity contribution is -0.385. The van der Waals surface area contributed by atoms with Gasteiger partial charge in [0.25, 0.3) is 0 Å². The maximum absolute atomic E-state index is 11.0. The van der Waals surface area contributed by atoms with Gasteiger partial charge < -0.3 is 9.47 Å². The zero-order chi connectivity index (χ0) is 20.4. The second-order valence-corrected chi connectivity index (χ2v) is 6.92. The van der Waals surface area contributed by atoms with E-state index in [0.29, 0.717) is 18.2 Å². The fraction of sp³-hybridized carbons (Fsp3) is 0.286. The van der Waals surface area contributed by atoms with Gasteiger partial charge in [-0.1, -0.05) is 30.3 Å². The molecule has 0 spiro atoms. The molecule has 8 heteroatoms. The van der Waals surface area contributed by atoms with E-state index in [1.807, 2.05) is 30.3 Å². The minimum absolute atomic E-state index is 0.00919. The summed E-state index contributed by atoms with van der Waals surface area (Å²) in [6.07, 6.45) is 3.58. The van der Waals surface area contributed by atoms with Gasteiger partial charge >= 0.3 is 5.69 Å². The van der Waals surface area contributed by atoms with Crippen LogP contribution in [0.1, 0.15) is 22.7 Å². The van der Waals surface area contributed by atoms with Crippen molar-refractivity contribution in [1.29, 1.82) is 0 Å². The quantitative estimate of drug-likeness (QED) is 0.471. The highest BCUT2D eigenvalue weighted by atomic mass is 16.6. The van der Waals surface area contributed by atoms with Crippen molar-refractivity contribution in [3.05, 3.63) is 81.7 Å². The van der Waals surface area contributed by atoms with E-state index in [4.69, 9.17) is 9.47 Å². The molecule has 0 aliphatic carbocycles. The molecule has 2 heterocycles. The minimum Gasteiger partial charge on any atom is -0.493 e. The molecule has 2 aromatic carbocycles. The maximum Gasteiger partial charge on any atom is 0.307 e. The smallest absolute Gasteiger partial charge is 0.307 e. The number of hydrogen-bond acceptors (Lipinski definition) is 6. The fourth-order valence-corrected chi connectivity index (χ4v) is 3.89. The number of rotatable bonds is 6. The maximum atomic E-state index is 11.0. The molecule has 0 fully saturated rings. The first-order chi connectivity index (χ1) is 14.1. The number of benzene rings is 2. The Balaban J connectivity index is 1.75. The summed E-state index contributed by atoms with van der Waals surface area (Å²) in [5.74, 6) is 1.40. The highest BCUT2D eigenvalue weighted by Crippen LogP contribution is 2.41. The van der Waals surface area contributed by atoms with Gasteiger partial charge in [0, 0.05) is 6.54 Å². The normalized spacial score (nSPS) is 16.3. The second kappa shape index (κ2) is 7.92. The highest BCUT2D eigenvalue weighted by molar-refractivity contribution is 5.51. The molecule has 1 atom stereocenters. The van der Waals surface area contributed by atoms with Crippen LogP contribution in [-0.2, 0) is 13.1 Å². The number of ether oxygens (including phenoxy) is 2. The third-order valence-corrected chi connectivity index (χ3v) is 5.25. The largest absolute Gasteiger partial charge is 0.493 e. The Morgan fingerprint density at radius 2 is 1.90 bits per heavy atom. The Morgan fingerprint density at radius 3 is 2.55 bits per heavy atom. The Hall–Kier alpha value is -3.39. The van der Waals surface area contributed by atoms with Crippen LogP contribution in [0.25, 0.3) is 0 Å². The van der Waals surface area contributed by atoms with Crippen molar-refractivity contribution in [3.8, 4) is 11.5 Å². The van der Waals surface area contributed by atoms with Crippen molar-refractivity contribution in [2.45, 2.75) is 19.1 Å². The summed E-state index contributed by atoms with van der Waals surface area (Å²) in [7, 11) is 3.27. The van der Waals surface area contributed by atoms with Crippen LogP contribution in [0.3, 0.4) is 0 Å². The van der Waals surface area contributed by atoms with Crippen molar-refractivity contribution in [2.24, 2.45) is 0 Å². The van der Waals surface area contributed by atoms with E-state index >= 15 is 0 Å². The summed E-state index contributed by atoms with van der Waals surface area (Å²) in [6.45, 7) is 1.23. The monoisotopic (exact) mass is 394 g/mol. The van der Waals surface area contributed by atoms with Crippen LogP contribution in [0.5, 0.6) is 11.5 Å². The molecular formula is C21H22N4O4. The third kappa shape index (κ3) is 3.66. The van der Waals surface area contributed by atoms with E-state index in [9.17, 15) is 10.1 Å². The predicted molar refractivity (Wildman–Crippen MR) is 107 cm³/mol. The van der Waals surface area contributed by atoms with Crippen molar-refractivity contribution >= 4 is 5.69 Å². The van der Waals surface area contributed by atoms with Crippen LogP contribution in [0.2, 0.25) is 0 Å².